The number of ketones is 1. The standard InChI is InChI=1S/C12H19NO3/c1-12(2,3)16-11(15)13-5-4-9-8(7-13)6-10(9)14/h8-9H,4-7H2,1-3H3/t8-,9+/m1/s1. The monoisotopic (exact) mass is 225 g/mol. The van der Waals surface area contributed by atoms with Gasteiger partial charge in [-0.15, -0.1) is 0 Å². The summed E-state index contributed by atoms with van der Waals surface area (Å²) in [5, 5.41) is 0. The minimum Gasteiger partial charge on any atom is -0.444 e. The van der Waals surface area contributed by atoms with Gasteiger partial charge >= 0.3 is 6.09 Å². The lowest BCUT2D eigenvalue weighted by Gasteiger charge is -2.43. The van der Waals surface area contributed by atoms with E-state index in [1.165, 1.54) is 0 Å². The first-order valence-electron chi connectivity index (χ1n) is 5.87. The number of carbonyl (C=O) groups excluding carboxylic acids is 2. The predicted molar refractivity (Wildman–Crippen MR) is 59.0 cm³/mol. The highest BCUT2D eigenvalue weighted by Gasteiger charge is 2.44. The summed E-state index contributed by atoms with van der Waals surface area (Å²) in [5.41, 5.74) is -0.441. The van der Waals surface area contributed by atoms with E-state index >= 15 is 0 Å². The van der Waals surface area contributed by atoms with Crippen LogP contribution in [0, 0.1) is 11.8 Å². The van der Waals surface area contributed by atoms with E-state index in [0.717, 1.165) is 6.42 Å². The summed E-state index contributed by atoms with van der Waals surface area (Å²) >= 11 is 0. The second-order valence-corrected chi connectivity index (χ2v) is 5.75. The van der Waals surface area contributed by atoms with Crippen molar-refractivity contribution < 1.29 is 14.3 Å². The quantitative estimate of drug-likeness (QED) is 0.632. The van der Waals surface area contributed by atoms with Gasteiger partial charge in [-0.25, -0.2) is 4.79 Å². The number of piperidine rings is 1. The highest BCUT2D eigenvalue weighted by Crippen LogP contribution is 2.37. The van der Waals surface area contributed by atoms with Crippen molar-refractivity contribution in [2.45, 2.75) is 39.2 Å². The van der Waals surface area contributed by atoms with Crippen molar-refractivity contribution >= 4 is 11.9 Å². The van der Waals surface area contributed by atoms with Crippen LogP contribution in [0.4, 0.5) is 4.79 Å². The molecule has 0 aromatic heterocycles. The van der Waals surface area contributed by atoms with Crippen molar-refractivity contribution in [2.24, 2.45) is 11.8 Å². The zero-order valence-electron chi connectivity index (χ0n) is 10.2. The van der Waals surface area contributed by atoms with E-state index in [-0.39, 0.29) is 12.0 Å². The molecular formula is C12H19NO3. The molecule has 1 heterocycles. The molecule has 2 fully saturated rings. The Bertz CT molecular complexity index is 319. The maximum atomic E-state index is 11.8. The lowest BCUT2D eigenvalue weighted by molar-refractivity contribution is -0.138. The van der Waals surface area contributed by atoms with Crippen LogP contribution in [0.1, 0.15) is 33.6 Å². The Morgan fingerprint density at radius 3 is 2.62 bits per heavy atom. The van der Waals surface area contributed by atoms with Crippen LogP contribution in [0.15, 0.2) is 0 Å². The Labute approximate surface area is 95.9 Å². The summed E-state index contributed by atoms with van der Waals surface area (Å²) in [6.45, 7) is 6.94. The summed E-state index contributed by atoms with van der Waals surface area (Å²) in [6, 6.07) is 0. The van der Waals surface area contributed by atoms with E-state index in [1.54, 1.807) is 4.90 Å². The largest absolute Gasteiger partial charge is 0.444 e. The average molecular weight is 225 g/mol. The Hall–Kier alpha value is -1.06. The second kappa shape index (κ2) is 3.75. The van der Waals surface area contributed by atoms with Gasteiger partial charge in [0.05, 0.1) is 0 Å². The van der Waals surface area contributed by atoms with Gasteiger partial charge in [0, 0.05) is 25.4 Å². The normalized spacial score (nSPS) is 29.4. The minimum absolute atomic E-state index is 0.221. The highest BCUT2D eigenvalue weighted by molar-refractivity contribution is 5.88. The first-order valence-corrected chi connectivity index (χ1v) is 5.87. The number of Topliss-reactive ketones (excluding diaryl/α,β-unsaturated/α-hetero) is 1. The predicted octanol–water partition coefficient (Wildman–Crippen LogP) is 1.83. The van der Waals surface area contributed by atoms with Crippen LogP contribution in [0.25, 0.3) is 0 Å². The Balaban J connectivity index is 1.88. The molecule has 16 heavy (non-hydrogen) atoms. The van der Waals surface area contributed by atoms with Crippen molar-refractivity contribution in [3.63, 3.8) is 0 Å². The molecule has 2 aliphatic rings. The molecule has 1 saturated heterocycles. The molecular weight excluding hydrogens is 206 g/mol. The Morgan fingerprint density at radius 1 is 1.44 bits per heavy atom. The molecule has 2 rings (SSSR count). The molecule has 0 unspecified atom stereocenters. The van der Waals surface area contributed by atoms with Crippen LogP contribution < -0.4 is 0 Å². The Morgan fingerprint density at radius 2 is 2.12 bits per heavy atom. The van der Waals surface area contributed by atoms with Crippen molar-refractivity contribution in [1.29, 1.82) is 0 Å². The van der Waals surface area contributed by atoms with Crippen LogP contribution in [-0.4, -0.2) is 35.5 Å². The van der Waals surface area contributed by atoms with Gasteiger partial charge in [-0.2, -0.15) is 0 Å². The van der Waals surface area contributed by atoms with Crippen molar-refractivity contribution in [1.82, 2.24) is 4.90 Å². The number of hydrogen-bond donors (Lipinski definition) is 0. The molecule has 2 atom stereocenters. The SMILES string of the molecule is CC(C)(C)OC(=O)N1CC[C@@H]2C(=O)C[C@@H]2C1. The van der Waals surface area contributed by atoms with Gasteiger partial charge in [-0.05, 0) is 33.1 Å². The zero-order chi connectivity index (χ0) is 11.9. The maximum Gasteiger partial charge on any atom is 0.410 e. The lowest BCUT2D eigenvalue weighted by Crippen LogP contribution is -2.53. The third kappa shape index (κ3) is 2.20. The van der Waals surface area contributed by atoms with Crippen LogP contribution in [0.5, 0.6) is 0 Å². The number of fused-ring (bicyclic) bond motifs is 1. The lowest BCUT2D eigenvalue weighted by atomic mass is 9.68. The molecule has 0 aromatic carbocycles. The van der Waals surface area contributed by atoms with Crippen molar-refractivity contribution in [3.05, 3.63) is 0 Å². The molecule has 0 N–H and O–H groups in total. The second-order valence-electron chi connectivity index (χ2n) is 5.75. The third-order valence-corrected chi connectivity index (χ3v) is 3.26. The summed E-state index contributed by atoms with van der Waals surface area (Å²) in [6.07, 6.45) is 1.21. The summed E-state index contributed by atoms with van der Waals surface area (Å²) in [5.74, 6) is 0.973. The highest BCUT2D eigenvalue weighted by atomic mass is 16.6. The maximum absolute atomic E-state index is 11.8. The van der Waals surface area contributed by atoms with E-state index < -0.39 is 5.60 Å². The van der Waals surface area contributed by atoms with E-state index in [9.17, 15) is 9.59 Å². The fraction of sp³-hybridized carbons (Fsp3) is 0.833. The summed E-state index contributed by atoms with van der Waals surface area (Å²) in [4.78, 5) is 24.8. The van der Waals surface area contributed by atoms with Gasteiger partial charge in [-0.3, -0.25) is 4.79 Å². The van der Waals surface area contributed by atoms with E-state index in [2.05, 4.69) is 0 Å². The number of rotatable bonds is 0. The van der Waals surface area contributed by atoms with Gasteiger partial charge in [0.25, 0.3) is 0 Å². The van der Waals surface area contributed by atoms with E-state index in [4.69, 9.17) is 4.74 Å². The van der Waals surface area contributed by atoms with Gasteiger partial charge < -0.3 is 9.64 Å². The van der Waals surface area contributed by atoms with Gasteiger partial charge in [0.2, 0.25) is 0 Å². The number of likely N-dealkylation sites (tertiary alicyclic amines) is 1. The molecule has 90 valence electrons. The molecule has 1 amide bonds. The van der Waals surface area contributed by atoms with Gasteiger partial charge in [0.1, 0.15) is 11.4 Å². The molecule has 0 radical (unpaired) electrons. The zero-order valence-corrected chi connectivity index (χ0v) is 10.2. The fourth-order valence-electron chi connectivity index (χ4n) is 2.40. The molecule has 0 bridgehead atoms. The smallest absolute Gasteiger partial charge is 0.410 e. The first kappa shape index (κ1) is 11.4. The molecule has 0 aromatic rings. The van der Waals surface area contributed by atoms with Crippen LogP contribution in [0.2, 0.25) is 0 Å². The van der Waals surface area contributed by atoms with Gasteiger partial charge in [-0.1, -0.05) is 0 Å². The number of carbonyl (C=O) groups is 2. The molecule has 4 nitrogen and oxygen atoms in total. The molecule has 1 saturated carbocycles. The van der Waals surface area contributed by atoms with Crippen molar-refractivity contribution in [3.8, 4) is 0 Å². The third-order valence-electron chi connectivity index (χ3n) is 3.26. The number of hydrogen-bond acceptors (Lipinski definition) is 3. The fourth-order valence-corrected chi connectivity index (χ4v) is 2.40. The van der Waals surface area contributed by atoms with E-state index in [0.29, 0.717) is 31.2 Å². The number of ether oxygens (including phenoxy) is 1. The van der Waals surface area contributed by atoms with E-state index in [1.807, 2.05) is 20.8 Å². The molecule has 4 heteroatoms. The molecule has 0 spiro atoms. The number of amides is 1. The average Bonchev–Trinajstić information content (AvgIpc) is 2.12. The molecule has 1 aliphatic carbocycles. The summed E-state index contributed by atoms with van der Waals surface area (Å²) in [7, 11) is 0. The van der Waals surface area contributed by atoms with Crippen LogP contribution in [-0.2, 0) is 9.53 Å². The number of nitrogens with zero attached hydrogens (tertiary/aromatic N) is 1. The summed E-state index contributed by atoms with van der Waals surface area (Å²) < 4.78 is 5.31. The first-order chi connectivity index (χ1) is 7.37. The van der Waals surface area contributed by atoms with Crippen LogP contribution in [0.3, 0.4) is 0 Å². The topological polar surface area (TPSA) is 46.6 Å². The minimum atomic E-state index is -0.441. The van der Waals surface area contributed by atoms with Crippen LogP contribution >= 0.6 is 0 Å². The Kier molecular flexibility index (Phi) is 2.68. The van der Waals surface area contributed by atoms with Crippen molar-refractivity contribution in [2.75, 3.05) is 13.1 Å². The van der Waals surface area contributed by atoms with Gasteiger partial charge in [0.15, 0.2) is 0 Å². The molecule has 1 aliphatic heterocycles.